The highest BCUT2D eigenvalue weighted by molar-refractivity contribution is 6.75. The predicted molar refractivity (Wildman–Crippen MR) is 157 cm³/mol. The molecule has 0 saturated heterocycles. The van der Waals surface area contributed by atoms with Gasteiger partial charge in [-0.1, -0.05) is 41.5 Å². The molecule has 1 aromatic heterocycles. The average Bonchev–Trinajstić information content (AvgIpc) is 2.70. The third-order valence-corrected chi connectivity index (χ3v) is 17.1. The highest BCUT2D eigenvalue weighted by atomic mass is 28.4. The van der Waals surface area contributed by atoms with E-state index in [9.17, 15) is 4.79 Å². The summed E-state index contributed by atoms with van der Waals surface area (Å²) < 4.78 is 25.4. The van der Waals surface area contributed by atoms with Crippen LogP contribution in [0.1, 0.15) is 61.0 Å². The van der Waals surface area contributed by atoms with E-state index in [1.807, 2.05) is 50.2 Å². The number of hydrogen-bond acceptors (Lipinski definition) is 5. The second kappa shape index (κ2) is 8.50. The van der Waals surface area contributed by atoms with E-state index in [2.05, 4.69) is 67.7 Å². The maximum atomic E-state index is 13.5. The van der Waals surface area contributed by atoms with Gasteiger partial charge in [-0.25, -0.2) is 4.79 Å². The second-order valence-electron chi connectivity index (χ2n) is 13.8. The van der Waals surface area contributed by atoms with Crippen LogP contribution in [0.2, 0.25) is 36.3 Å². The van der Waals surface area contributed by atoms with Crippen molar-refractivity contribution < 1.29 is 18.0 Å². The van der Waals surface area contributed by atoms with Gasteiger partial charge in [0, 0.05) is 28.6 Å². The minimum atomic E-state index is -2.04. The molecular formula is C30H42O5Si2. The minimum Gasteiger partial charge on any atom is -0.543 e. The van der Waals surface area contributed by atoms with Crippen LogP contribution in [-0.2, 0) is 5.60 Å². The molecule has 1 aliphatic rings. The van der Waals surface area contributed by atoms with Crippen LogP contribution in [0.25, 0.3) is 22.1 Å². The first-order valence-corrected chi connectivity index (χ1v) is 18.9. The van der Waals surface area contributed by atoms with Gasteiger partial charge in [0.25, 0.3) is 0 Å². The maximum absolute atomic E-state index is 13.5. The smallest absolute Gasteiger partial charge is 0.344 e. The Morgan fingerprint density at radius 2 is 1.30 bits per heavy atom. The van der Waals surface area contributed by atoms with Crippen molar-refractivity contribution in [2.45, 2.75) is 97.3 Å². The van der Waals surface area contributed by atoms with Crippen LogP contribution in [0.5, 0.6) is 17.2 Å². The molecule has 3 aromatic rings. The lowest BCUT2D eigenvalue weighted by molar-refractivity contribution is 0.106. The van der Waals surface area contributed by atoms with Crippen molar-refractivity contribution >= 4 is 27.6 Å². The molecule has 0 amide bonds. The van der Waals surface area contributed by atoms with Gasteiger partial charge in [0.15, 0.2) is 0 Å². The Labute approximate surface area is 223 Å². The first kappa shape index (κ1) is 27.5. The van der Waals surface area contributed by atoms with Gasteiger partial charge in [-0.2, -0.15) is 0 Å². The number of fused-ring (bicyclic) bond motifs is 5. The molecule has 37 heavy (non-hydrogen) atoms. The van der Waals surface area contributed by atoms with Crippen molar-refractivity contribution in [2.24, 2.45) is 0 Å². The van der Waals surface area contributed by atoms with Gasteiger partial charge >= 0.3 is 5.63 Å². The zero-order valence-electron chi connectivity index (χ0n) is 24.5. The molecule has 1 aliphatic heterocycles. The van der Waals surface area contributed by atoms with E-state index in [1.165, 1.54) is 0 Å². The first-order valence-electron chi connectivity index (χ1n) is 13.1. The molecule has 2 heterocycles. The molecule has 0 unspecified atom stereocenters. The van der Waals surface area contributed by atoms with Crippen molar-refractivity contribution in [3.8, 4) is 28.4 Å². The fourth-order valence-corrected chi connectivity index (χ4v) is 6.24. The second-order valence-corrected chi connectivity index (χ2v) is 23.2. The van der Waals surface area contributed by atoms with Crippen LogP contribution in [0.15, 0.2) is 45.6 Å². The Kier molecular flexibility index (Phi) is 6.32. The third-order valence-electron chi connectivity index (χ3n) is 8.43. The molecule has 5 nitrogen and oxygen atoms in total. The quantitative estimate of drug-likeness (QED) is 0.245. The SMILES string of the molecule is CC1(C)Oc2cc(O[Si](C)(C)C(C)(C)C)ccc2-c2c1c1ccc(O[Si](C)(C)C(C)(C)C)cc1oc2=O. The van der Waals surface area contributed by atoms with E-state index in [0.717, 1.165) is 28.0 Å². The topological polar surface area (TPSA) is 57.9 Å². The van der Waals surface area contributed by atoms with Crippen LogP contribution in [0, 0.1) is 0 Å². The largest absolute Gasteiger partial charge is 0.543 e. The van der Waals surface area contributed by atoms with E-state index >= 15 is 0 Å². The monoisotopic (exact) mass is 538 g/mol. The van der Waals surface area contributed by atoms with Crippen molar-refractivity contribution in [3.05, 3.63) is 52.4 Å². The molecule has 0 saturated carbocycles. The molecule has 0 bridgehead atoms. The highest BCUT2D eigenvalue weighted by Gasteiger charge is 2.41. The third kappa shape index (κ3) is 4.88. The van der Waals surface area contributed by atoms with Crippen LogP contribution >= 0.6 is 0 Å². The van der Waals surface area contributed by atoms with Crippen molar-refractivity contribution in [1.82, 2.24) is 0 Å². The van der Waals surface area contributed by atoms with E-state index < -0.39 is 22.2 Å². The standard InChI is InChI=1S/C30H42O5Si2/c1-28(2,3)36(9,10)34-19-14-16-22-23(17-19)32-27(31)25-21-15-13-20(35-37(11,12)29(4,5)6)18-24(21)33-30(7,8)26(22)25/h13-18H,1-12H3. The molecule has 0 fully saturated rings. The molecule has 2 aromatic carbocycles. The molecule has 0 N–H and O–H groups in total. The summed E-state index contributed by atoms with van der Waals surface area (Å²) in [6.45, 7) is 26.1. The number of hydrogen-bond donors (Lipinski definition) is 0. The summed E-state index contributed by atoms with van der Waals surface area (Å²) >= 11 is 0. The summed E-state index contributed by atoms with van der Waals surface area (Å²) in [5, 5.41) is 0.989. The van der Waals surface area contributed by atoms with Crippen molar-refractivity contribution in [3.63, 3.8) is 0 Å². The van der Waals surface area contributed by atoms with E-state index in [1.54, 1.807) is 0 Å². The highest BCUT2D eigenvalue weighted by Crippen LogP contribution is 2.48. The van der Waals surface area contributed by atoms with E-state index in [0.29, 0.717) is 16.9 Å². The van der Waals surface area contributed by atoms with Gasteiger partial charge in [0.05, 0.1) is 5.56 Å². The van der Waals surface area contributed by atoms with Gasteiger partial charge in [0.2, 0.25) is 16.6 Å². The number of benzene rings is 2. The zero-order valence-corrected chi connectivity index (χ0v) is 26.5. The number of ether oxygens (including phenoxy) is 1. The predicted octanol–water partition coefficient (Wildman–Crippen LogP) is 8.86. The summed E-state index contributed by atoms with van der Waals surface area (Å²) in [6, 6.07) is 11.6. The zero-order chi connectivity index (χ0) is 27.8. The first-order chi connectivity index (χ1) is 16.7. The molecule has 0 aliphatic carbocycles. The molecule has 7 heteroatoms. The molecular weight excluding hydrogens is 496 g/mol. The van der Waals surface area contributed by atoms with E-state index in [-0.39, 0.29) is 15.7 Å². The van der Waals surface area contributed by atoms with Crippen molar-refractivity contribution in [2.75, 3.05) is 0 Å². The van der Waals surface area contributed by atoms with E-state index in [4.69, 9.17) is 18.0 Å². The Hall–Kier alpha value is -2.52. The lowest BCUT2D eigenvalue weighted by atomic mass is 9.85. The number of rotatable bonds is 4. The molecule has 0 radical (unpaired) electrons. The Balaban J connectivity index is 1.82. The fraction of sp³-hybridized carbons (Fsp3) is 0.500. The lowest BCUT2D eigenvalue weighted by Crippen LogP contribution is -2.43. The summed E-state index contributed by atoms with van der Waals surface area (Å²) in [5.74, 6) is 2.13. The normalized spacial score (nSPS) is 15.6. The minimum absolute atomic E-state index is 0.0609. The van der Waals surface area contributed by atoms with Crippen LogP contribution in [-0.4, -0.2) is 16.6 Å². The van der Waals surface area contributed by atoms with Crippen molar-refractivity contribution in [1.29, 1.82) is 0 Å². The van der Waals surface area contributed by atoms with Gasteiger partial charge in [-0.05, 0) is 74.4 Å². The van der Waals surface area contributed by atoms with Crippen LogP contribution in [0.4, 0.5) is 0 Å². The summed E-state index contributed by atoms with van der Waals surface area (Å²) in [7, 11) is -4.06. The summed E-state index contributed by atoms with van der Waals surface area (Å²) in [5.41, 5.74) is 1.52. The Bertz CT molecular complexity index is 1420. The Morgan fingerprint density at radius 3 is 1.84 bits per heavy atom. The Morgan fingerprint density at radius 1 is 0.784 bits per heavy atom. The van der Waals surface area contributed by atoms with Gasteiger partial charge < -0.3 is 18.0 Å². The summed E-state index contributed by atoms with van der Waals surface area (Å²) in [6.07, 6.45) is 0. The van der Waals surface area contributed by atoms with Crippen LogP contribution < -0.4 is 19.2 Å². The average molecular weight is 539 g/mol. The molecule has 0 atom stereocenters. The van der Waals surface area contributed by atoms with Gasteiger partial charge in [0.1, 0.15) is 28.4 Å². The van der Waals surface area contributed by atoms with Gasteiger partial charge in [-0.15, -0.1) is 0 Å². The fourth-order valence-electron chi connectivity index (χ4n) is 4.19. The summed E-state index contributed by atoms with van der Waals surface area (Å²) in [4.78, 5) is 13.5. The lowest BCUT2D eigenvalue weighted by Gasteiger charge is -2.38. The maximum Gasteiger partial charge on any atom is 0.344 e. The van der Waals surface area contributed by atoms with Crippen LogP contribution in [0.3, 0.4) is 0 Å². The molecule has 200 valence electrons. The molecule has 4 rings (SSSR count). The molecule has 0 spiro atoms. The van der Waals surface area contributed by atoms with Gasteiger partial charge in [-0.3, -0.25) is 0 Å².